The Morgan fingerprint density at radius 1 is 0.938 bits per heavy atom. The van der Waals surface area contributed by atoms with Gasteiger partial charge in [-0.05, 0) is 41.7 Å². The highest BCUT2D eigenvalue weighted by Gasteiger charge is 2.40. The van der Waals surface area contributed by atoms with E-state index in [1.165, 1.54) is 5.56 Å². The van der Waals surface area contributed by atoms with E-state index in [1.807, 2.05) is 18.2 Å². The van der Waals surface area contributed by atoms with Gasteiger partial charge in [0.05, 0.1) is 17.4 Å². The molecule has 3 aromatic heterocycles. The van der Waals surface area contributed by atoms with Crippen molar-refractivity contribution in [3.8, 4) is 0 Å². The predicted molar refractivity (Wildman–Crippen MR) is 124 cm³/mol. The van der Waals surface area contributed by atoms with Gasteiger partial charge in [0.25, 0.3) is 0 Å². The van der Waals surface area contributed by atoms with Crippen molar-refractivity contribution >= 4 is 28.6 Å². The molecule has 0 saturated heterocycles. The number of aromatic nitrogens is 6. The number of anilines is 3. The summed E-state index contributed by atoms with van der Waals surface area (Å²) in [4.78, 5) is 16.3. The molecule has 6 rings (SSSR count). The van der Waals surface area contributed by atoms with E-state index in [4.69, 9.17) is 0 Å². The zero-order valence-corrected chi connectivity index (χ0v) is 17.3. The Kier molecular flexibility index (Phi) is 4.53. The summed E-state index contributed by atoms with van der Waals surface area (Å²) in [5.74, 6) is 3.07. The summed E-state index contributed by atoms with van der Waals surface area (Å²) in [7, 11) is 0. The first-order valence-corrected chi connectivity index (χ1v) is 10.7. The van der Waals surface area contributed by atoms with E-state index in [0.29, 0.717) is 30.1 Å². The van der Waals surface area contributed by atoms with Gasteiger partial charge in [0.15, 0.2) is 5.82 Å². The van der Waals surface area contributed by atoms with Gasteiger partial charge in [-0.1, -0.05) is 36.4 Å². The molecule has 1 aliphatic carbocycles. The number of imidazole rings is 1. The maximum absolute atomic E-state index is 4.56. The van der Waals surface area contributed by atoms with Crippen LogP contribution in [-0.4, -0.2) is 30.1 Å². The van der Waals surface area contributed by atoms with E-state index >= 15 is 0 Å². The van der Waals surface area contributed by atoms with Crippen LogP contribution in [-0.2, 0) is 6.54 Å². The summed E-state index contributed by atoms with van der Waals surface area (Å²) < 4.78 is 0. The largest absolute Gasteiger partial charge is 0.350 e. The fourth-order valence-corrected chi connectivity index (χ4v) is 4.12. The highest BCUT2D eigenvalue weighted by molar-refractivity contribution is 5.75. The first-order valence-electron chi connectivity index (χ1n) is 10.7. The third kappa shape index (κ3) is 3.78. The Bertz CT molecular complexity index is 1360. The van der Waals surface area contributed by atoms with Crippen LogP contribution >= 0.6 is 0 Å². The van der Waals surface area contributed by atoms with E-state index in [9.17, 15) is 0 Å². The molecular weight excluding hydrogens is 400 g/mol. The average molecular weight is 422 g/mol. The van der Waals surface area contributed by atoms with Gasteiger partial charge >= 0.3 is 0 Å². The highest BCUT2D eigenvalue weighted by atomic mass is 15.2. The molecule has 32 heavy (non-hydrogen) atoms. The molecule has 1 fully saturated rings. The number of benzene rings is 2. The van der Waals surface area contributed by atoms with Crippen molar-refractivity contribution in [1.82, 2.24) is 30.1 Å². The van der Waals surface area contributed by atoms with Crippen molar-refractivity contribution in [3.63, 3.8) is 0 Å². The summed E-state index contributed by atoms with van der Waals surface area (Å²) in [6.07, 6.45) is 4.58. The molecule has 8 nitrogen and oxygen atoms in total. The maximum Gasteiger partial charge on any atom is 0.224 e. The molecule has 2 atom stereocenters. The zero-order valence-electron chi connectivity index (χ0n) is 17.3. The lowest BCUT2D eigenvalue weighted by Crippen LogP contribution is -2.05. The maximum atomic E-state index is 4.56. The van der Waals surface area contributed by atoms with E-state index in [-0.39, 0.29) is 0 Å². The van der Waals surface area contributed by atoms with Gasteiger partial charge in [-0.25, -0.2) is 9.97 Å². The number of nitrogens with one attached hydrogen (secondary N) is 4. The van der Waals surface area contributed by atoms with Gasteiger partial charge in [0.2, 0.25) is 5.95 Å². The number of hydrogen-bond donors (Lipinski definition) is 4. The molecule has 0 spiro atoms. The minimum Gasteiger partial charge on any atom is -0.350 e. The molecule has 8 heteroatoms. The topological polar surface area (TPSA) is 107 Å². The molecule has 1 aliphatic rings. The summed E-state index contributed by atoms with van der Waals surface area (Å²) in [5.41, 5.74) is 5.64. The third-order valence-corrected chi connectivity index (χ3v) is 5.86. The molecule has 0 radical (unpaired) electrons. The standard InChI is InChI=1S/C24H22N8/c1-2-4-16(5-3-1)17-11-18(17)20-12-23(32-31-20)29-22-8-9-25-24(30-22)26-13-15-6-7-19-21(10-15)28-14-27-19/h1-10,12,14,17-18H,11,13H2,(H,27,28)(H3,25,26,29,30,31,32)/t17-,18?/m1/s1. The minimum atomic E-state index is 0.496. The lowest BCUT2D eigenvalue weighted by molar-refractivity contribution is 0.933. The SMILES string of the molecule is c1ccc([C@H]2CC2c2cc(Nc3ccnc(NCc4ccc5nc[nH]c5c4)n3)n[nH]2)cc1. The monoisotopic (exact) mass is 422 g/mol. The zero-order chi connectivity index (χ0) is 21.3. The summed E-state index contributed by atoms with van der Waals surface area (Å²) in [6.45, 7) is 0.619. The van der Waals surface area contributed by atoms with Crippen LogP contribution in [0.3, 0.4) is 0 Å². The molecule has 0 bridgehead atoms. The second-order valence-corrected chi connectivity index (χ2v) is 8.07. The van der Waals surface area contributed by atoms with Crippen molar-refractivity contribution < 1.29 is 0 Å². The molecule has 5 aromatic rings. The number of H-pyrrole nitrogens is 2. The van der Waals surface area contributed by atoms with Gasteiger partial charge < -0.3 is 15.6 Å². The molecule has 0 aliphatic heterocycles. The number of aromatic amines is 2. The first kappa shape index (κ1) is 18.6. The Balaban J connectivity index is 1.09. The second kappa shape index (κ2) is 7.81. The van der Waals surface area contributed by atoms with Crippen LogP contribution in [0.5, 0.6) is 0 Å². The Hall–Kier alpha value is -4.20. The van der Waals surface area contributed by atoms with Crippen molar-refractivity contribution in [3.05, 3.63) is 90.0 Å². The molecule has 4 N–H and O–H groups in total. The van der Waals surface area contributed by atoms with Gasteiger partial charge in [-0.2, -0.15) is 10.1 Å². The second-order valence-electron chi connectivity index (χ2n) is 8.07. The van der Waals surface area contributed by atoms with Gasteiger partial charge in [0.1, 0.15) is 5.82 Å². The van der Waals surface area contributed by atoms with Crippen LogP contribution in [0.15, 0.2) is 73.2 Å². The van der Waals surface area contributed by atoms with E-state index < -0.39 is 0 Å². The van der Waals surface area contributed by atoms with Crippen LogP contribution in [0, 0.1) is 0 Å². The van der Waals surface area contributed by atoms with E-state index in [1.54, 1.807) is 12.5 Å². The average Bonchev–Trinajstić information content (AvgIpc) is 3.26. The number of nitrogens with zero attached hydrogens (tertiary/aromatic N) is 4. The fraction of sp³-hybridized carbons (Fsp3) is 0.167. The van der Waals surface area contributed by atoms with Gasteiger partial charge in [-0.15, -0.1) is 0 Å². The normalized spacial score (nSPS) is 17.4. The molecule has 158 valence electrons. The molecule has 0 amide bonds. The lowest BCUT2D eigenvalue weighted by Gasteiger charge is -2.07. The Morgan fingerprint density at radius 3 is 2.81 bits per heavy atom. The molecule has 2 aromatic carbocycles. The van der Waals surface area contributed by atoms with Crippen LogP contribution in [0.1, 0.15) is 35.1 Å². The molecule has 1 saturated carbocycles. The quantitative estimate of drug-likeness (QED) is 0.303. The molecule has 3 heterocycles. The number of hydrogen-bond acceptors (Lipinski definition) is 6. The number of fused-ring (bicyclic) bond motifs is 1. The minimum absolute atomic E-state index is 0.496. The summed E-state index contributed by atoms with van der Waals surface area (Å²) >= 11 is 0. The lowest BCUT2D eigenvalue weighted by atomic mass is 10.1. The van der Waals surface area contributed by atoms with Crippen LogP contribution < -0.4 is 10.6 Å². The van der Waals surface area contributed by atoms with Crippen molar-refractivity contribution in [2.24, 2.45) is 0 Å². The fourth-order valence-electron chi connectivity index (χ4n) is 4.12. The van der Waals surface area contributed by atoms with Crippen molar-refractivity contribution in [2.75, 3.05) is 10.6 Å². The Morgan fingerprint density at radius 2 is 1.88 bits per heavy atom. The third-order valence-electron chi connectivity index (χ3n) is 5.86. The van der Waals surface area contributed by atoms with Crippen molar-refractivity contribution in [1.29, 1.82) is 0 Å². The summed E-state index contributed by atoms with van der Waals surface area (Å²) in [5, 5.41) is 14.2. The van der Waals surface area contributed by atoms with Crippen LogP contribution in [0.4, 0.5) is 17.6 Å². The first-order chi connectivity index (χ1) is 15.8. The van der Waals surface area contributed by atoms with E-state index in [0.717, 1.165) is 34.5 Å². The van der Waals surface area contributed by atoms with Crippen molar-refractivity contribution in [2.45, 2.75) is 24.8 Å². The molecule has 1 unspecified atom stereocenters. The van der Waals surface area contributed by atoms with Crippen LogP contribution in [0.25, 0.3) is 11.0 Å². The van der Waals surface area contributed by atoms with Crippen LogP contribution in [0.2, 0.25) is 0 Å². The Labute approximate surface area is 184 Å². The summed E-state index contributed by atoms with van der Waals surface area (Å²) in [6, 6.07) is 20.7. The number of rotatable bonds is 7. The smallest absolute Gasteiger partial charge is 0.224 e. The molecular formula is C24H22N8. The van der Waals surface area contributed by atoms with Gasteiger partial charge in [0, 0.05) is 30.4 Å². The predicted octanol–water partition coefficient (Wildman–Crippen LogP) is 4.70. The highest BCUT2D eigenvalue weighted by Crippen LogP contribution is 2.54. The van der Waals surface area contributed by atoms with Gasteiger partial charge in [-0.3, -0.25) is 5.10 Å². The van der Waals surface area contributed by atoms with E-state index in [2.05, 4.69) is 83.2 Å².